The summed E-state index contributed by atoms with van der Waals surface area (Å²) in [5.41, 5.74) is -2.08. The SMILES string of the molecule is O=CNc1cc(F)c(F)cc1Oc1c(F)cc(C(F)(F)F)cc1F. The first kappa shape index (κ1) is 17.6. The molecule has 2 aromatic rings. The van der Waals surface area contributed by atoms with Crippen LogP contribution in [0.2, 0.25) is 0 Å². The second-order valence-corrected chi connectivity index (χ2v) is 4.39. The zero-order valence-corrected chi connectivity index (χ0v) is 11.3. The van der Waals surface area contributed by atoms with E-state index in [9.17, 15) is 35.5 Å². The number of alkyl halides is 3. The smallest absolute Gasteiger partial charge is 0.416 e. The van der Waals surface area contributed by atoms with Crippen LogP contribution in [0.15, 0.2) is 24.3 Å². The standard InChI is InChI=1S/C14H6F7NO2/c15-7-3-11(22-5-23)12(4-8(7)16)24-13-9(17)1-6(2-10(13)18)14(19,20)21/h1-5H,(H,22,23). The van der Waals surface area contributed by atoms with E-state index in [-0.39, 0.29) is 18.5 Å². The van der Waals surface area contributed by atoms with Crippen LogP contribution in [0.5, 0.6) is 11.5 Å². The quantitative estimate of drug-likeness (QED) is 0.643. The van der Waals surface area contributed by atoms with Crippen LogP contribution in [0, 0.1) is 23.3 Å². The largest absolute Gasteiger partial charge is 0.449 e. The number of hydrogen-bond donors (Lipinski definition) is 1. The second-order valence-electron chi connectivity index (χ2n) is 4.39. The highest BCUT2D eigenvalue weighted by Crippen LogP contribution is 2.37. The van der Waals surface area contributed by atoms with E-state index in [1.807, 2.05) is 5.32 Å². The molecule has 0 atom stereocenters. The fraction of sp³-hybridized carbons (Fsp3) is 0.0714. The number of hydrogen-bond acceptors (Lipinski definition) is 2. The monoisotopic (exact) mass is 353 g/mol. The van der Waals surface area contributed by atoms with Gasteiger partial charge in [0.25, 0.3) is 0 Å². The summed E-state index contributed by atoms with van der Waals surface area (Å²) in [4.78, 5) is 10.4. The third-order valence-corrected chi connectivity index (χ3v) is 2.77. The van der Waals surface area contributed by atoms with Gasteiger partial charge in [-0.25, -0.2) is 17.6 Å². The Kier molecular flexibility index (Phi) is 4.67. The van der Waals surface area contributed by atoms with Crippen LogP contribution >= 0.6 is 0 Å². The minimum absolute atomic E-state index is 0.0227. The molecule has 0 saturated heterocycles. The lowest BCUT2D eigenvalue weighted by atomic mass is 10.2. The number of carbonyl (C=O) groups is 1. The summed E-state index contributed by atoms with van der Waals surface area (Å²) in [6.45, 7) is 0. The molecule has 0 bridgehead atoms. The van der Waals surface area contributed by atoms with E-state index >= 15 is 0 Å². The summed E-state index contributed by atoms with van der Waals surface area (Å²) in [6, 6.07) is 0.799. The number of benzene rings is 2. The van der Waals surface area contributed by atoms with E-state index < -0.39 is 52.2 Å². The molecule has 0 aromatic heterocycles. The first-order valence-electron chi connectivity index (χ1n) is 6.06. The predicted octanol–water partition coefficient (Wildman–Crippen LogP) is 4.62. The molecule has 0 fully saturated rings. The zero-order valence-electron chi connectivity index (χ0n) is 11.3. The van der Waals surface area contributed by atoms with Crippen molar-refractivity contribution in [3.05, 3.63) is 53.1 Å². The van der Waals surface area contributed by atoms with Crippen LogP contribution in [-0.4, -0.2) is 6.41 Å². The fourth-order valence-corrected chi connectivity index (χ4v) is 1.72. The number of anilines is 1. The number of carbonyl (C=O) groups excluding carboxylic acids is 1. The van der Waals surface area contributed by atoms with Gasteiger partial charge in [-0.2, -0.15) is 13.2 Å². The minimum atomic E-state index is -4.99. The predicted molar refractivity (Wildman–Crippen MR) is 67.5 cm³/mol. The van der Waals surface area contributed by atoms with Crippen molar-refractivity contribution in [2.24, 2.45) is 0 Å². The third-order valence-electron chi connectivity index (χ3n) is 2.77. The normalized spacial score (nSPS) is 11.3. The molecule has 128 valence electrons. The number of amides is 1. The van der Waals surface area contributed by atoms with Gasteiger partial charge in [0, 0.05) is 12.1 Å². The van der Waals surface area contributed by atoms with Gasteiger partial charge < -0.3 is 10.1 Å². The van der Waals surface area contributed by atoms with Crippen molar-refractivity contribution in [1.82, 2.24) is 0 Å². The zero-order chi connectivity index (χ0) is 18.1. The Morgan fingerprint density at radius 2 is 1.42 bits per heavy atom. The molecular formula is C14H6F7NO2. The average Bonchev–Trinajstić information content (AvgIpc) is 2.46. The average molecular weight is 353 g/mol. The maximum absolute atomic E-state index is 13.7. The first-order valence-corrected chi connectivity index (χ1v) is 6.06. The molecule has 0 aliphatic carbocycles. The highest BCUT2D eigenvalue weighted by Gasteiger charge is 2.33. The lowest BCUT2D eigenvalue weighted by Gasteiger charge is -2.14. The van der Waals surface area contributed by atoms with Crippen molar-refractivity contribution < 1.29 is 40.3 Å². The molecule has 0 unspecified atom stereocenters. The number of rotatable bonds is 4. The summed E-state index contributed by atoms with van der Waals surface area (Å²) in [7, 11) is 0. The van der Waals surface area contributed by atoms with Crippen LogP contribution in [0.4, 0.5) is 36.4 Å². The molecule has 24 heavy (non-hydrogen) atoms. The maximum atomic E-state index is 13.7. The van der Waals surface area contributed by atoms with Crippen molar-refractivity contribution in [1.29, 1.82) is 0 Å². The summed E-state index contributed by atoms with van der Waals surface area (Å²) in [5.74, 6) is -8.27. The van der Waals surface area contributed by atoms with E-state index in [0.29, 0.717) is 12.1 Å². The van der Waals surface area contributed by atoms with Crippen molar-refractivity contribution in [3.8, 4) is 11.5 Å². The molecule has 0 radical (unpaired) electrons. The second kappa shape index (κ2) is 6.38. The Morgan fingerprint density at radius 1 is 0.875 bits per heavy atom. The summed E-state index contributed by atoms with van der Waals surface area (Å²) in [5, 5.41) is 1.90. The first-order chi connectivity index (χ1) is 11.1. The van der Waals surface area contributed by atoms with Gasteiger partial charge >= 0.3 is 6.18 Å². The Labute approximate surface area is 129 Å². The molecular weight excluding hydrogens is 347 g/mol. The van der Waals surface area contributed by atoms with Crippen LogP contribution in [0.1, 0.15) is 5.56 Å². The van der Waals surface area contributed by atoms with Gasteiger partial charge in [-0.1, -0.05) is 0 Å². The molecule has 1 N–H and O–H groups in total. The van der Waals surface area contributed by atoms with E-state index in [2.05, 4.69) is 4.74 Å². The number of halogens is 7. The van der Waals surface area contributed by atoms with E-state index in [1.54, 1.807) is 0 Å². The minimum Gasteiger partial charge on any atom is -0.449 e. The molecule has 0 heterocycles. The highest BCUT2D eigenvalue weighted by atomic mass is 19.4. The molecule has 3 nitrogen and oxygen atoms in total. The van der Waals surface area contributed by atoms with Crippen LogP contribution in [-0.2, 0) is 11.0 Å². The van der Waals surface area contributed by atoms with Crippen molar-refractivity contribution >= 4 is 12.1 Å². The summed E-state index contributed by atoms with van der Waals surface area (Å²) < 4.78 is 95.8. The van der Waals surface area contributed by atoms with Gasteiger partial charge in [0.1, 0.15) is 0 Å². The van der Waals surface area contributed by atoms with Crippen LogP contribution in [0.25, 0.3) is 0 Å². The topological polar surface area (TPSA) is 38.3 Å². The highest BCUT2D eigenvalue weighted by molar-refractivity contribution is 5.75. The van der Waals surface area contributed by atoms with Crippen LogP contribution < -0.4 is 10.1 Å². The molecule has 2 aromatic carbocycles. The van der Waals surface area contributed by atoms with E-state index in [4.69, 9.17) is 0 Å². The van der Waals surface area contributed by atoms with Gasteiger partial charge in [0.2, 0.25) is 6.41 Å². The molecule has 0 saturated carbocycles. The van der Waals surface area contributed by atoms with Gasteiger partial charge in [-0.3, -0.25) is 4.79 Å². The van der Waals surface area contributed by atoms with Gasteiger partial charge in [-0.05, 0) is 12.1 Å². The third kappa shape index (κ3) is 3.58. The summed E-state index contributed by atoms with van der Waals surface area (Å²) in [6.07, 6.45) is -4.94. The molecule has 2 rings (SSSR count). The van der Waals surface area contributed by atoms with E-state index in [1.165, 1.54) is 0 Å². The van der Waals surface area contributed by atoms with Crippen molar-refractivity contribution in [2.75, 3.05) is 5.32 Å². The Balaban J connectivity index is 2.49. The molecule has 1 amide bonds. The van der Waals surface area contributed by atoms with Gasteiger partial charge in [0.15, 0.2) is 34.8 Å². The lowest BCUT2D eigenvalue weighted by molar-refractivity contribution is -0.138. The molecule has 0 aliphatic heterocycles. The number of ether oxygens (including phenoxy) is 1. The Morgan fingerprint density at radius 3 is 1.92 bits per heavy atom. The molecule has 10 heteroatoms. The maximum Gasteiger partial charge on any atom is 0.416 e. The van der Waals surface area contributed by atoms with Gasteiger partial charge in [0.05, 0.1) is 11.3 Å². The molecule has 0 aliphatic rings. The van der Waals surface area contributed by atoms with Crippen LogP contribution in [0.3, 0.4) is 0 Å². The summed E-state index contributed by atoms with van der Waals surface area (Å²) >= 11 is 0. The van der Waals surface area contributed by atoms with Crippen molar-refractivity contribution in [2.45, 2.75) is 6.18 Å². The number of nitrogens with one attached hydrogen (secondary N) is 1. The Bertz CT molecular complexity index is 766. The Hall–Kier alpha value is -2.78. The fourth-order valence-electron chi connectivity index (χ4n) is 1.72. The van der Waals surface area contributed by atoms with Crippen molar-refractivity contribution in [3.63, 3.8) is 0 Å². The van der Waals surface area contributed by atoms with E-state index in [0.717, 1.165) is 0 Å². The van der Waals surface area contributed by atoms with Gasteiger partial charge in [-0.15, -0.1) is 0 Å². The lowest BCUT2D eigenvalue weighted by Crippen LogP contribution is -2.07. The molecule has 0 spiro atoms.